The number of benzene rings is 1. The number of hydrogen-bond donors (Lipinski definition) is 1. The van der Waals surface area contributed by atoms with Gasteiger partial charge in [-0.15, -0.1) is 0 Å². The Bertz CT molecular complexity index is 1410. The van der Waals surface area contributed by atoms with E-state index in [-0.39, 0.29) is 37.8 Å². The Balaban J connectivity index is 1.37. The van der Waals surface area contributed by atoms with Gasteiger partial charge in [-0.3, -0.25) is 9.59 Å². The van der Waals surface area contributed by atoms with Crippen molar-refractivity contribution in [1.29, 1.82) is 0 Å². The number of carbonyl (C=O) groups is 2. The van der Waals surface area contributed by atoms with Crippen molar-refractivity contribution in [2.24, 2.45) is 11.3 Å². The maximum atomic E-state index is 13.7. The number of methoxy groups -OCH3 is 1. The fourth-order valence-electron chi connectivity index (χ4n) is 5.75. The summed E-state index contributed by atoms with van der Waals surface area (Å²) in [6.07, 6.45) is -1.44. The van der Waals surface area contributed by atoms with Crippen molar-refractivity contribution in [1.82, 2.24) is 19.9 Å². The van der Waals surface area contributed by atoms with Crippen LogP contribution in [0.25, 0.3) is 22.2 Å². The van der Waals surface area contributed by atoms with Crippen LogP contribution in [0.5, 0.6) is 0 Å². The van der Waals surface area contributed by atoms with Gasteiger partial charge in [0.25, 0.3) is 0 Å². The van der Waals surface area contributed by atoms with Crippen LogP contribution in [-0.2, 0) is 27.3 Å². The molecule has 8 nitrogen and oxygen atoms in total. The minimum Gasteiger partial charge on any atom is -0.469 e. The van der Waals surface area contributed by atoms with Crippen LogP contribution in [0, 0.1) is 11.3 Å². The molecule has 0 bridgehead atoms. The number of aromatic nitrogens is 3. The van der Waals surface area contributed by atoms with Crippen LogP contribution in [-0.4, -0.2) is 64.6 Å². The molecule has 38 heavy (non-hydrogen) atoms. The van der Waals surface area contributed by atoms with Gasteiger partial charge in [0.05, 0.1) is 31.0 Å². The summed E-state index contributed by atoms with van der Waals surface area (Å²) in [5.41, 5.74) is 1.73. The molecule has 1 aliphatic carbocycles. The van der Waals surface area contributed by atoms with E-state index in [0.717, 1.165) is 27.7 Å². The molecule has 200 valence electrons. The zero-order valence-electron chi connectivity index (χ0n) is 21.0. The quantitative estimate of drug-likeness (QED) is 0.511. The summed E-state index contributed by atoms with van der Waals surface area (Å²) in [5, 5.41) is 0.983. The van der Waals surface area contributed by atoms with Gasteiger partial charge in [0.1, 0.15) is 5.41 Å². The number of para-hydroxylation sites is 1. The number of esters is 1. The molecular weight excluding hydrogens is 499 g/mol. The van der Waals surface area contributed by atoms with Crippen LogP contribution >= 0.6 is 0 Å². The van der Waals surface area contributed by atoms with Gasteiger partial charge in [-0.05, 0) is 38.2 Å². The number of piperidine rings is 1. The Kier molecular flexibility index (Phi) is 5.84. The Morgan fingerprint density at radius 3 is 2.53 bits per heavy atom. The zero-order valence-corrected chi connectivity index (χ0v) is 21.0. The van der Waals surface area contributed by atoms with Crippen LogP contribution in [0.1, 0.15) is 36.9 Å². The lowest BCUT2D eigenvalue weighted by Gasteiger charge is -2.35. The fourth-order valence-corrected chi connectivity index (χ4v) is 5.75. The highest BCUT2D eigenvalue weighted by atomic mass is 19.4. The zero-order chi connectivity index (χ0) is 26.7. The van der Waals surface area contributed by atoms with Gasteiger partial charge in [-0.2, -0.15) is 13.2 Å². The SMILES string of the molecule is COC(=O)C1CCN(c2nc3c(c(-c4c[nH]c5ccccc45)n2)CCN(C(=O)C2(C(F)(F)F)CC2)C3)CC1. The smallest absolute Gasteiger partial charge is 0.403 e. The Morgan fingerprint density at radius 1 is 1.11 bits per heavy atom. The van der Waals surface area contributed by atoms with Crippen LogP contribution in [0.3, 0.4) is 0 Å². The number of H-pyrrole nitrogens is 1. The summed E-state index contributed by atoms with van der Waals surface area (Å²) in [6.45, 7) is 1.29. The molecule has 0 radical (unpaired) electrons. The molecule has 3 aliphatic rings. The van der Waals surface area contributed by atoms with Gasteiger partial charge in [0.15, 0.2) is 0 Å². The highest BCUT2D eigenvalue weighted by Crippen LogP contribution is 2.59. The van der Waals surface area contributed by atoms with Crippen molar-refractivity contribution >= 4 is 28.7 Å². The first kappa shape index (κ1) is 24.7. The largest absolute Gasteiger partial charge is 0.469 e. The van der Waals surface area contributed by atoms with Gasteiger partial charge >= 0.3 is 12.1 Å². The number of anilines is 1. The summed E-state index contributed by atoms with van der Waals surface area (Å²) < 4.78 is 46.0. The molecule has 1 saturated carbocycles. The normalized spacial score (nSPS) is 19.4. The fraction of sp³-hybridized carbons (Fsp3) is 0.481. The van der Waals surface area contributed by atoms with E-state index in [1.54, 1.807) is 0 Å². The third kappa shape index (κ3) is 3.99. The number of ether oxygens (including phenoxy) is 1. The van der Waals surface area contributed by atoms with Crippen LogP contribution < -0.4 is 4.90 Å². The standard InChI is InChI=1S/C27H28F3N5O3/c1-38-23(36)16-6-11-34(12-7-16)25-32-21-15-35(24(37)26(9-10-26)27(28,29)30)13-8-18(21)22(33-25)19-14-31-20-5-3-2-4-17(19)20/h2-5,14,16,31H,6-13,15H2,1H3. The first-order valence-electron chi connectivity index (χ1n) is 12.9. The highest BCUT2D eigenvalue weighted by Gasteiger charge is 2.69. The molecule has 0 unspecified atom stereocenters. The number of rotatable bonds is 4. The number of amides is 1. The first-order chi connectivity index (χ1) is 18.2. The second-order valence-electron chi connectivity index (χ2n) is 10.4. The summed E-state index contributed by atoms with van der Waals surface area (Å²) in [4.78, 5) is 41.4. The number of halogens is 3. The Hall–Kier alpha value is -3.63. The molecule has 6 rings (SSSR count). The van der Waals surface area contributed by atoms with Crippen LogP contribution in [0.2, 0.25) is 0 Å². The Labute approximate surface area is 217 Å². The van der Waals surface area contributed by atoms with Gasteiger partial charge in [-0.25, -0.2) is 9.97 Å². The maximum absolute atomic E-state index is 13.7. The molecule has 1 saturated heterocycles. The third-order valence-corrected chi connectivity index (χ3v) is 8.20. The van der Waals surface area contributed by atoms with E-state index in [4.69, 9.17) is 14.7 Å². The average molecular weight is 528 g/mol. The topological polar surface area (TPSA) is 91.4 Å². The molecule has 1 amide bonds. The molecule has 2 aromatic heterocycles. The predicted octanol–water partition coefficient (Wildman–Crippen LogP) is 4.24. The minimum absolute atomic E-state index is 0.00942. The molecule has 11 heteroatoms. The molecule has 0 spiro atoms. The van der Waals surface area contributed by atoms with E-state index in [2.05, 4.69) is 4.98 Å². The second kappa shape index (κ2) is 8.99. The van der Waals surface area contributed by atoms with Crippen molar-refractivity contribution in [2.45, 2.75) is 44.8 Å². The number of hydrogen-bond acceptors (Lipinski definition) is 6. The molecule has 0 atom stereocenters. The van der Waals surface area contributed by atoms with Gasteiger partial charge in [0.2, 0.25) is 11.9 Å². The Morgan fingerprint density at radius 2 is 1.84 bits per heavy atom. The van der Waals surface area contributed by atoms with Crippen molar-refractivity contribution in [2.75, 3.05) is 31.6 Å². The van der Waals surface area contributed by atoms with E-state index >= 15 is 0 Å². The molecule has 2 fully saturated rings. The molecule has 2 aliphatic heterocycles. The minimum atomic E-state index is -4.56. The van der Waals surface area contributed by atoms with Crippen LogP contribution in [0.15, 0.2) is 30.5 Å². The van der Waals surface area contributed by atoms with Crippen molar-refractivity contribution in [3.8, 4) is 11.3 Å². The molecule has 4 heterocycles. The monoisotopic (exact) mass is 527 g/mol. The third-order valence-electron chi connectivity index (χ3n) is 8.20. The number of nitrogens with one attached hydrogen (secondary N) is 1. The van der Waals surface area contributed by atoms with Gasteiger partial charge in [-0.1, -0.05) is 18.2 Å². The number of fused-ring (bicyclic) bond motifs is 2. The van der Waals surface area contributed by atoms with E-state index in [0.29, 0.717) is 44.0 Å². The molecule has 1 aromatic carbocycles. The summed E-state index contributed by atoms with van der Waals surface area (Å²) >= 11 is 0. The molecule has 1 N–H and O–H groups in total. The van der Waals surface area contributed by atoms with Crippen LogP contribution in [0.4, 0.5) is 19.1 Å². The molecule has 3 aromatic rings. The maximum Gasteiger partial charge on any atom is 0.403 e. The summed E-state index contributed by atoms with van der Waals surface area (Å²) in [7, 11) is 1.38. The van der Waals surface area contributed by atoms with E-state index < -0.39 is 17.5 Å². The number of alkyl halides is 3. The summed E-state index contributed by atoms with van der Waals surface area (Å²) in [5.74, 6) is -0.822. The van der Waals surface area contributed by atoms with E-state index in [1.165, 1.54) is 12.0 Å². The summed E-state index contributed by atoms with van der Waals surface area (Å²) in [6, 6.07) is 7.85. The van der Waals surface area contributed by atoms with Crippen molar-refractivity contribution in [3.05, 3.63) is 41.7 Å². The molecular formula is C27H28F3N5O3. The number of aromatic amines is 1. The van der Waals surface area contributed by atoms with Gasteiger partial charge in [0, 0.05) is 47.9 Å². The number of carbonyl (C=O) groups excluding carboxylic acids is 2. The number of nitrogens with zero attached hydrogens (tertiary/aromatic N) is 4. The lowest BCUT2D eigenvalue weighted by atomic mass is 9.95. The van der Waals surface area contributed by atoms with E-state index in [1.807, 2.05) is 35.4 Å². The predicted molar refractivity (Wildman–Crippen MR) is 133 cm³/mol. The average Bonchev–Trinajstić information content (AvgIpc) is 3.65. The van der Waals surface area contributed by atoms with Crippen molar-refractivity contribution in [3.63, 3.8) is 0 Å². The lowest BCUT2D eigenvalue weighted by molar-refractivity contribution is -0.199. The van der Waals surface area contributed by atoms with E-state index in [9.17, 15) is 22.8 Å². The lowest BCUT2D eigenvalue weighted by Crippen LogP contribution is -2.46. The first-order valence-corrected chi connectivity index (χ1v) is 12.9. The second-order valence-corrected chi connectivity index (χ2v) is 10.4. The highest BCUT2D eigenvalue weighted by molar-refractivity contribution is 5.95. The van der Waals surface area contributed by atoms with Crippen molar-refractivity contribution < 1.29 is 27.5 Å². The van der Waals surface area contributed by atoms with Gasteiger partial charge < -0.3 is 19.5 Å².